The van der Waals surface area contributed by atoms with Crippen molar-refractivity contribution in [2.75, 3.05) is 11.9 Å². The largest absolute Gasteiger partial charge is 0.352 e. The van der Waals surface area contributed by atoms with E-state index >= 15 is 0 Å². The molecule has 0 atom stereocenters. The number of anilines is 2. The summed E-state index contributed by atoms with van der Waals surface area (Å²) < 4.78 is 0. The number of carbonyl (C=O) groups is 2. The zero-order chi connectivity index (χ0) is 22.2. The average molecular weight is 422 g/mol. The van der Waals surface area contributed by atoms with Gasteiger partial charge in [-0.1, -0.05) is 12.5 Å². The fourth-order valence-corrected chi connectivity index (χ4v) is 3.43. The molecule has 2 aromatic carbocycles. The SMILES string of the molecule is Cc1cc(C)cc(Nc2ncnc3cc(C(=O)NCCCCCC(=O)NO)ccc23)c1. The van der Waals surface area contributed by atoms with Crippen molar-refractivity contribution in [2.45, 2.75) is 39.5 Å². The van der Waals surface area contributed by atoms with Crippen LogP contribution in [0.2, 0.25) is 0 Å². The molecule has 1 heterocycles. The number of benzene rings is 2. The van der Waals surface area contributed by atoms with Crippen LogP contribution in [0, 0.1) is 13.8 Å². The van der Waals surface area contributed by atoms with Gasteiger partial charge in [0.2, 0.25) is 5.91 Å². The molecule has 3 aromatic rings. The summed E-state index contributed by atoms with van der Waals surface area (Å²) in [6, 6.07) is 11.6. The lowest BCUT2D eigenvalue weighted by Crippen LogP contribution is -2.24. The van der Waals surface area contributed by atoms with Gasteiger partial charge in [0.25, 0.3) is 5.91 Å². The van der Waals surface area contributed by atoms with Crippen molar-refractivity contribution in [3.05, 3.63) is 59.4 Å². The molecule has 0 aliphatic heterocycles. The van der Waals surface area contributed by atoms with Gasteiger partial charge < -0.3 is 10.6 Å². The van der Waals surface area contributed by atoms with Gasteiger partial charge in [-0.05, 0) is 68.1 Å². The average Bonchev–Trinajstić information content (AvgIpc) is 2.75. The minimum absolute atomic E-state index is 0.169. The summed E-state index contributed by atoms with van der Waals surface area (Å²) in [6.45, 7) is 4.61. The minimum atomic E-state index is -0.395. The summed E-state index contributed by atoms with van der Waals surface area (Å²) in [5.74, 6) is 0.125. The molecule has 0 bridgehead atoms. The number of hydroxylamine groups is 1. The van der Waals surface area contributed by atoms with E-state index in [0.29, 0.717) is 29.9 Å². The maximum atomic E-state index is 12.5. The van der Waals surface area contributed by atoms with Gasteiger partial charge in [-0.25, -0.2) is 15.4 Å². The van der Waals surface area contributed by atoms with Crippen molar-refractivity contribution in [2.24, 2.45) is 0 Å². The Morgan fingerprint density at radius 3 is 2.48 bits per heavy atom. The molecule has 8 nitrogen and oxygen atoms in total. The number of rotatable bonds is 9. The van der Waals surface area contributed by atoms with E-state index in [1.54, 1.807) is 17.6 Å². The van der Waals surface area contributed by atoms with E-state index in [4.69, 9.17) is 5.21 Å². The fraction of sp³-hybridized carbons (Fsp3) is 0.304. The Bertz CT molecular complexity index is 1060. The molecule has 1 aromatic heterocycles. The highest BCUT2D eigenvalue weighted by Gasteiger charge is 2.10. The van der Waals surface area contributed by atoms with Crippen LogP contribution in [0.1, 0.15) is 47.2 Å². The van der Waals surface area contributed by atoms with E-state index in [2.05, 4.69) is 38.8 Å². The normalized spacial score (nSPS) is 10.7. The quantitative estimate of drug-likeness (QED) is 0.237. The Balaban J connectivity index is 1.62. The Kier molecular flexibility index (Phi) is 7.50. The zero-order valence-corrected chi connectivity index (χ0v) is 17.7. The molecule has 0 radical (unpaired) electrons. The molecular weight excluding hydrogens is 394 g/mol. The van der Waals surface area contributed by atoms with Crippen molar-refractivity contribution >= 4 is 34.2 Å². The second kappa shape index (κ2) is 10.5. The Hall–Kier alpha value is -3.52. The topological polar surface area (TPSA) is 116 Å². The van der Waals surface area contributed by atoms with Crippen LogP contribution < -0.4 is 16.1 Å². The number of amides is 2. The summed E-state index contributed by atoms with van der Waals surface area (Å²) in [5.41, 5.74) is 6.11. The number of nitrogens with zero attached hydrogens (tertiary/aromatic N) is 2. The second-order valence-corrected chi connectivity index (χ2v) is 7.56. The number of aryl methyl sites for hydroxylation is 2. The van der Waals surface area contributed by atoms with Crippen molar-refractivity contribution in [1.29, 1.82) is 0 Å². The van der Waals surface area contributed by atoms with Gasteiger partial charge in [-0.15, -0.1) is 0 Å². The molecule has 162 valence electrons. The Labute approximate surface area is 181 Å². The van der Waals surface area contributed by atoms with Crippen molar-refractivity contribution in [1.82, 2.24) is 20.8 Å². The molecule has 2 amide bonds. The van der Waals surface area contributed by atoms with Gasteiger partial charge in [0.05, 0.1) is 5.52 Å². The summed E-state index contributed by atoms with van der Waals surface area (Å²) in [4.78, 5) is 32.1. The molecule has 3 rings (SSSR count). The first-order valence-corrected chi connectivity index (χ1v) is 10.3. The lowest BCUT2D eigenvalue weighted by Gasteiger charge is -2.11. The van der Waals surface area contributed by atoms with Crippen LogP contribution >= 0.6 is 0 Å². The second-order valence-electron chi connectivity index (χ2n) is 7.56. The smallest absolute Gasteiger partial charge is 0.251 e. The van der Waals surface area contributed by atoms with Gasteiger partial charge in [-0.2, -0.15) is 0 Å². The first-order valence-electron chi connectivity index (χ1n) is 10.3. The highest BCUT2D eigenvalue weighted by molar-refractivity contribution is 6.00. The zero-order valence-electron chi connectivity index (χ0n) is 17.7. The monoisotopic (exact) mass is 421 g/mol. The first kappa shape index (κ1) is 22.2. The number of aromatic nitrogens is 2. The van der Waals surface area contributed by atoms with Crippen LogP contribution in [0.15, 0.2) is 42.7 Å². The molecule has 31 heavy (non-hydrogen) atoms. The van der Waals surface area contributed by atoms with Crippen LogP contribution in [0.4, 0.5) is 11.5 Å². The van der Waals surface area contributed by atoms with Crippen molar-refractivity contribution in [3.8, 4) is 0 Å². The maximum absolute atomic E-state index is 12.5. The molecule has 0 fully saturated rings. The highest BCUT2D eigenvalue weighted by Crippen LogP contribution is 2.25. The number of fused-ring (bicyclic) bond motifs is 1. The Morgan fingerprint density at radius 1 is 0.968 bits per heavy atom. The predicted octanol–water partition coefficient (Wildman–Crippen LogP) is 3.79. The van der Waals surface area contributed by atoms with Crippen LogP contribution in [0.5, 0.6) is 0 Å². The van der Waals surface area contributed by atoms with Gasteiger partial charge in [-0.3, -0.25) is 14.8 Å². The Morgan fingerprint density at radius 2 is 1.74 bits per heavy atom. The van der Waals surface area contributed by atoms with E-state index < -0.39 is 5.91 Å². The molecule has 0 saturated carbocycles. The van der Waals surface area contributed by atoms with Gasteiger partial charge in [0, 0.05) is 29.6 Å². The van der Waals surface area contributed by atoms with Gasteiger partial charge in [0.1, 0.15) is 12.1 Å². The van der Waals surface area contributed by atoms with E-state index in [-0.39, 0.29) is 12.3 Å². The summed E-state index contributed by atoms with van der Waals surface area (Å²) in [7, 11) is 0. The van der Waals surface area contributed by atoms with Crippen LogP contribution in [-0.4, -0.2) is 33.5 Å². The number of hydrogen-bond acceptors (Lipinski definition) is 6. The molecule has 4 N–H and O–H groups in total. The third kappa shape index (κ3) is 6.23. The van der Waals surface area contributed by atoms with E-state index in [1.165, 1.54) is 6.33 Å². The van der Waals surface area contributed by atoms with Crippen LogP contribution in [0.3, 0.4) is 0 Å². The molecule has 0 aliphatic rings. The van der Waals surface area contributed by atoms with Crippen LogP contribution in [-0.2, 0) is 4.79 Å². The first-order chi connectivity index (χ1) is 15.0. The van der Waals surface area contributed by atoms with E-state index in [1.807, 2.05) is 19.9 Å². The fourth-order valence-electron chi connectivity index (χ4n) is 3.43. The minimum Gasteiger partial charge on any atom is -0.352 e. The predicted molar refractivity (Wildman–Crippen MR) is 119 cm³/mol. The number of nitrogens with one attached hydrogen (secondary N) is 3. The highest BCUT2D eigenvalue weighted by atomic mass is 16.5. The number of hydrogen-bond donors (Lipinski definition) is 4. The summed E-state index contributed by atoms with van der Waals surface area (Å²) in [6.07, 6.45) is 3.95. The maximum Gasteiger partial charge on any atom is 0.251 e. The number of unbranched alkanes of at least 4 members (excludes halogenated alkanes) is 2. The van der Waals surface area contributed by atoms with E-state index in [9.17, 15) is 9.59 Å². The summed E-state index contributed by atoms with van der Waals surface area (Å²) in [5, 5.41) is 15.5. The third-order valence-corrected chi connectivity index (χ3v) is 4.87. The molecule has 0 aliphatic carbocycles. The van der Waals surface area contributed by atoms with Crippen LogP contribution in [0.25, 0.3) is 10.9 Å². The molecule has 8 heteroatoms. The summed E-state index contributed by atoms with van der Waals surface area (Å²) >= 11 is 0. The lowest BCUT2D eigenvalue weighted by molar-refractivity contribution is -0.129. The van der Waals surface area contributed by atoms with Gasteiger partial charge in [0.15, 0.2) is 0 Å². The molecule has 0 spiro atoms. The van der Waals surface area contributed by atoms with Crippen molar-refractivity contribution in [3.63, 3.8) is 0 Å². The van der Waals surface area contributed by atoms with E-state index in [0.717, 1.165) is 35.0 Å². The molecular formula is C23H27N5O3. The molecule has 0 unspecified atom stereocenters. The molecule has 0 saturated heterocycles. The number of carbonyl (C=O) groups excluding carboxylic acids is 2. The third-order valence-electron chi connectivity index (χ3n) is 4.87. The lowest BCUT2D eigenvalue weighted by atomic mass is 10.1. The van der Waals surface area contributed by atoms with Gasteiger partial charge >= 0.3 is 0 Å². The standard InChI is InChI=1S/C23H27N5O3/c1-15-10-16(2)12-18(11-15)27-22-19-8-7-17(13-20(19)25-14-26-22)23(30)24-9-5-3-4-6-21(29)28-31/h7-8,10-14,31H,3-6,9H2,1-2H3,(H,24,30)(H,28,29)(H,25,26,27). The van der Waals surface area contributed by atoms with Crippen molar-refractivity contribution < 1.29 is 14.8 Å².